The molecular weight excluding hydrogens is 276 g/mol. The largest absolute Gasteiger partial charge is 0.337 e. The van der Waals surface area contributed by atoms with Crippen LogP contribution in [0.15, 0.2) is 36.8 Å². The van der Waals surface area contributed by atoms with Crippen LogP contribution in [-0.2, 0) is 0 Å². The number of nitrogens with zero attached hydrogens (tertiary/aromatic N) is 3. The van der Waals surface area contributed by atoms with Gasteiger partial charge in [0.15, 0.2) is 17.3 Å². The summed E-state index contributed by atoms with van der Waals surface area (Å²) in [6.45, 7) is 1.99. The molecule has 0 aliphatic carbocycles. The van der Waals surface area contributed by atoms with E-state index in [4.69, 9.17) is 17.4 Å². The summed E-state index contributed by atoms with van der Waals surface area (Å²) in [5, 5.41) is 3.90. The van der Waals surface area contributed by atoms with Crippen LogP contribution < -0.4 is 16.6 Å². The molecule has 0 radical (unpaired) electrons. The van der Waals surface area contributed by atoms with Gasteiger partial charge in [0.05, 0.1) is 6.20 Å². The summed E-state index contributed by atoms with van der Waals surface area (Å²) in [5.74, 6) is 6.58. The third kappa shape index (κ3) is 2.26. The van der Waals surface area contributed by atoms with Crippen LogP contribution in [0.25, 0.3) is 5.65 Å². The molecule has 0 unspecified atom stereocenters. The number of imidazole rings is 1. The summed E-state index contributed by atoms with van der Waals surface area (Å²) in [6.07, 6.45) is 5.29. The Hall–Kier alpha value is -2.31. The van der Waals surface area contributed by atoms with Crippen molar-refractivity contribution in [2.75, 3.05) is 10.7 Å². The van der Waals surface area contributed by atoms with Gasteiger partial charge in [0.25, 0.3) is 0 Å². The lowest BCUT2D eigenvalue weighted by Crippen LogP contribution is -2.11. The van der Waals surface area contributed by atoms with Gasteiger partial charge < -0.3 is 15.1 Å². The summed E-state index contributed by atoms with van der Waals surface area (Å²) in [6, 6.07) is 5.64. The minimum atomic E-state index is 0.540. The van der Waals surface area contributed by atoms with E-state index in [0.29, 0.717) is 22.3 Å². The van der Waals surface area contributed by atoms with E-state index in [0.717, 1.165) is 11.3 Å². The number of hydrazine groups is 1. The number of nitrogens with two attached hydrogens (primary N) is 1. The first-order chi connectivity index (χ1) is 9.67. The van der Waals surface area contributed by atoms with Crippen LogP contribution in [0, 0.1) is 6.92 Å². The molecule has 0 atom stereocenters. The van der Waals surface area contributed by atoms with Crippen LogP contribution >= 0.6 is 11.6 Å². The van der Waals surface area contributed by atoms with E-state index in [1.165, 1.54) is 0 Å². The molecule has 0 saturated heterocycles. The maximum Gasteiger partial charge on any atom is 0.180 e. The van der Waals surface area contributed by atoms with Crippen LogP contribution in [0.2, 0.25) is 5.02 Å². The number of halogens is 1. The number of nitrogens with one attached hydrogen (secondary N) is 2. The topological polar surface area (TPSA) is 80.3 Å². The molecule has 6 nitrogen and oxygen atoms in total. The van der Waals surface area contributed by atoms with Crippen molar-refractivity contribution in [3.05, 3.63) is 47.4 Å². The van der Waals surface area contributed by atoms with E-state index < -0.39 is 0 Å². The molecule has 20 heavy (non-hydrogen) atoms. The van der Waals surface area contributed by atoms with Crippen molar-refractivity contribution in [1.82, 2.24) is 14.4 Å². The van der Waals surface area contributed by atoms with Crippen molar-refractivity contribution in [3.8, 4) is 0 Å². The molecule has 0 saturated carbocycles. The summed E-state index contributed by atoms with van der Waals surface area (Å²) < 4.78 is 1.84. The van der Waals surface area contributed by atoms with Gasteiger partial charge in [0.1, 0.15) is 0 Å². The Balaban J connectivity index is 2.09. The fourth-order valence-corrected chi connectivity index (χ4v) is 2.11. The van der Waals surface area contributed by atoms with E-state index in [1.54, 1.807) is 12.4 Å². The second kappa shape index (κ2) is 4.99. The maximum absolute atomic E-state index is 6.03. The van der Waals surface area contributed by atoms with Gasteiger partial charge in [-0.1, -0.05) is 17.7 Å². The molecule has 3 aromatic rings. The fraction of sp³-hybridized carbons (Fsp3) is 0.0769. The SMILES string of the molecule is Cc1ccc(Cl)cc1Nc1nc(NN)cn2ccnc12. The van der Waals surface area contributed by atoms with Gasteiger partial charge in [-0.3, -0.25) is 0 Å². The number of hydrogen-bond donors (Lipinski definition) is 3. The summed E-state index contributed by atoms with van der Waals surface area (Å²) in [5.41, 5.74) is 5.19. The molecular formula is C13H13ClN6. The van der Waals surface area contributed by atoms with Crippen molar-refractivity contribution in [2.24, 2.45) is 5.84 Å². The Morgan fingerprint density at radius 1 is 1.35 bits per heavy atom. The van der Waals surface area contributed by atoms with Gasteiger partial charge in [-0.25, -0.2) is 15.8 Å². The lowest BCUT2D eigenvalue weighted by molar-refractivity contribution is 1.11. The molecule has 0 fully saturated rings. The second-order valence-electron chi connectivity index (χ2n) is 4.36. The Labute approximate surface area is 120 Å². The van der Waals surface area contributed by atoms with Crippen molar-refractivity contribution in [2.45, 2.75) is 6.92 Å². The highest BCUT2D eigenvalue weighted by Gasteiger charge is 2.09. The summed E-state index contributed by atoms with van der Waals surface area (Å²) >= 11 is 6.03. The maximum atomic E-state index is 6.03. The van der Waals surface area contributed by atoms with Gasteiger partial charge in [-0.2, -0.15) is 0 Å². The fourth-order valence-electron chi connectivity index (χ4n) is 1.94. The monoisotopic (exact) mass is 288 g/mol. The van der Waals surface area contributed by atoms with E-state index in [9.17, 15) is 0 Å². The first kappa shape index (κ1) is 12.7. The van der Waals surface area contributed by atoms with Crippen molar-refractivity contribution in [3.63, 3.8) is 0 Å². The van der Waals surface area contributed by atoms with Crippen LogP contribution in [0.5, 0.6) is 0 Å². The average Bonchev–Trinajstić information content (AvgIpc) is 2.91. The van der Waals surface area contributed by atoms with Gasteiger partial charge in [-0.15, -0.1) is 0 Å². The highest BCUT2D eigenvalue weighted by atomic mass is 35.5. The normalized spacial score (nSPS) is 10.8. The minimum absolute atomic E-state index is 0.540. The number of aryl methyl sites for hydroxylation is 1. The van der Waals surface area contributed by atoms with Crippen LogP contribution in [0.4, 0.5) is 17.3 Å². The number of benzene rings is 1. The number of fused-ring (bicyclic) bond motifs is 1. The van der Waals surface area contributed by atoms with Gasteiger partial charge >= 0.3 is 0 Å². The van der Waals surface area contributed by atoms with E-state index in [1.807, 2.05) is 35.7 Å². The van der Waals surface area contributed by atoms with Crippen LogP contribution in [0.1, 0.15) is 5.56 Å². The number of rotatable bonds is 3. The zero-order valence-corrected chi connectivity index (χ0v) is 11.5. The molecule has 7 heteroatoms. The zero-order chi connectivity index (χ0) is 14.1. The van der Waals surface area contributed by atoms with Crippen molar-refractivity contribution in [1.29, 1.82) is 0 Å². The Morgan fingerprint density at radius 2 is 2.20 bits per heavy atom. The van der Waals surface area contributed by atoms with Crippen molar-refractivity contribution >= 4 is 34.6 Å². The zero-order valence-electron chi connectivity index (χ0n) is 10.8. The Kier molecular flexibility index (Phi) is 3.17. The van der Waals surface area contributed by atoms with Gasteiger partial charge in [-0.05, 0) is 24.6 Å². The molecule has 4 N–H and O–H groups in total. The summed E-state index contributed by atoms with van der Waals surface area (Å²) in [4.78, 5) is 8.66. The first-order valence-electron chi connectivity index (χ1n) is 6.01. The van der Waals surface area contributed by atoms with Crippen molar-refractivity contribution < 1.29 is 0 Å². The Bertz CT molecular complexity index is 767. The quantitative estimate of drug-likeness (QED) is 0.510. The lowest BCUT2D eigenvalue weighted by atomic mass is 10.2. The van der Waals surface area contributed by atoms with E-state index >= 15 is 0 Å². The molecule has 2 aromatic heterocycles. The lowest BCUT2D eigenvalue weighted by Gasteiger charge is -2.11. The number of nitrogen functional groups attached to an aromatic ring is 1. The molecule has 0 spiro atoms. The van der Waals surface area contributed by atoms with Crippen LogP contribution in [0.3, 0.4) is 0 Å². The number of aromatic nitrogens is 3. The molecule has 0 amide bonds. The van der Waals surface area contributed by atoms with Gasteiger partial charge in [0.2, 0.25) is 0 Å². The van der Waals surface area contributed by atoms with Gasteiger partial charge in [0, 0.05) is 23.1 Å². The second-order valence-corrected chi connectivity index (χ2v) is 4.80. The third-order valence-electron chi connectivity index (χ3n) is 2.97. The summed E-state index contributed by atoms with van der Waals surface area (Å²) in [7, 11) is 0. The minimum Gasteiger partial charge on any atom is -0.337 e. The number of anilines is 3. The molecule has 3 rings (SSSR count). The molecule has 2 heterocycles. The smallest absolute Gasteiger partial charge is 0.180 e. The standard InChI is InChI=1S/C13H13ClN6/c1-8-2-3-9(14)6-10(8)17-12-13-16-4-5-20(13)7-11(18-12)19-15/h2-7,19H,15H2,1H3,(H,17,18). The molecule has 0 bridgehead atoms. The van der Waals surface area contributed by atoms with E-state index in [2.05, 4.69) is 20.7 Å². The first-order valence-corrected chi connectivity index (χ1v) is 6.38. The van der Waals surface area contributed by atoms with Crippen LogP contribution in [-0.4, -0.2) is 14.4 Å². The highest BCUT2D eigenvalue weighted by molar-refractivity contribution is 6.30. The number of hydrogen-bond acceptors (Lipinski definition) is 5. The molecule has 102 valence electrons. The molecule has 0 aliphatic rings. The average molecular weight is 289 g/mol. The highest BCUT2D eigenvalue weighted by Crippen LogP contribution is 2.25. The molecule has 0 aliphatic heterocycles. The predicted molar refractivity (Wildman–Crippen MR) is 80.3 cm³/mol. The predicted octanol–water partition coefficient (Wildman–Crippen LogP) is 2.72. The van der Waals surface area contributed by atoms with E-state index in [-0.39, 0.29) is 0 Å². The Morgan fingerprint density at radius 3 is 3.00 bits per heavy atom. The molecule has 1 aromatic carbocycles. The third-order valence-corrected chi connectivity index (χ3v) is 3.21.